The van der Waals surface area contributed by atoms with Gasteiger partial charge in [0.05, 0.1) is 12.6 Å². The van der Waals surface area contributed by atoms with Crippen molar-refractivity contribution in [1.29, 1.82) is 0 Å². The molecular formula is C14H27NO2. The van der Waals surface area contributed by atoms with Gasteiger partial charge < -0.3 is 10.0 Å². The van der Waals surface area contributed by atoms with E-state index >= 15 is 0 Å². The highest BCUT2D eigenvalue weighted by Gasteiger charge is 2.37. The summed E-state index contributed by atoms with van der Waals surface area (Å²) in [6.07, 6.45) is 2.45. The monoisotopic (exact) mass is 241 g/mol. The summed E-state index contributed by atoms with van der Waals surface area (Å²) in [5.41, 5.74) is -0.0752. The van der Waals surface area contributed by atoms with Gasteiger partial charge in [-0.2, -0.15) is 0 Å². The number of hydrogen-bond donors (Lipinski definition) is 1. The number of amides is 1. The molecule has 0 aromatic carbocycles. The predicted molar refractivity (Wildman–Crippen MR) is 69.6 cm³/mol. The highest BCUT2D eigenvalue weighted by atomic mass is 16.3. The minimum atomic E-state index is -0.0752. The van der Waals surface area contributed by atoms with Crippen molar-refractivity contribution >= 4 is 5.91 Å². The Morgan fingerprint density at radius 3 is 2.18 bits per heavy atom. The van der Waals surface area contributed by atoms with E-state index in [0.29, 0.717) is 5.92 Å². The molecule has 0 bridgehead atoms. The first-order valence-electron chi connectivity index (χ1n) is 6.68. The van der Waals surface area contributed by atoms with Crippen molar-refractivity contribution in [2.24, 2.45) is 17.3 Å². The van der Waals surface area contributed by atoms with Crippen LogP contribution < -0.4 is 0 Å². The molecule has 1 saturated carbocycles. The summed E-state index contributed by atoms with van der Waals surface area (Å²) in [4.78, 5) is 14.2. The maximum Gasteiger partial charge on any atom is 0.225 e. The average Bonchev–Trinajstić information content (AvgIpc) is 2.97. The maximum absolute atomic E-state index is 12.3. The van der Waals surface area contributed by atoms with E-state index in [-0.39, 0.29) is 29.9 Å². The lowest BCUT2D eigenvalue weighted by Crippen LogP contribution is -2.51. The molecule has 1 rings (SSSR count). The van der Waals surface area contributed by atoms with Gasteiger partial charge in [-0.25, -0.2) is 0 Å². The number of aliphatic hydroxyl groups is 1. The number of carbonyl (C=O) groups excluding carboxylic acids is 1. The van der Waals surface area contributed by atoms with Gasteiger partial charge in [0.1, 0.15) is 0 Å². The van der Waals surface area contributed by atoms with Crippen LogP contribution in [0.5, 0.6) is 0 Å². The van der Waals surface area contributed by atoms with Crippen LogP contribution in [-0.2, 0) is 4.79 Å². The molecule has 1 N–H and O–H groups in total. The summed E-state index contributed by atoms with van der Waals surface area (Å²) in [7, 11) is 0. The van der Waals surface area contributed by atoms with Gasteiger partial charge >= 0.3 is 0 Å². The molecule has 1 amide bonds. The summed E-state index contributed by atoms with van der Waals surface area (Å²) in [6.45, 7) is 11.0. The van der Waals surface area contributed by atoms with Crippen LogP contribution in [0.2, 0.25) is 0 Å². The summed E-state index contributed by atoms with van der Waals surface area (Å²) in [6, 6.07) is -0.0713. The highest BCUT2D eigenvalue weighted by Crippen LogP contribution is 2.33. The number of carbonyl (C=O) groups is 1. The molecule has 100 valence electrons. The molecule has 3 nitrogen and oxygen atoms in total. The van der Waals surface area contributed by atoms with E-state index in [9.17, 15) is 9.90 Å². The maximum atomic E-state index is 12.3. The molecule has 0 heterocycles. The summed E-state index contributed by atoms with van der Waals surface area (Å²) in [5.74, 6) is 0.838. The fraction of sp³-hybridized carbons (Fsp3) is 0.929. The standard InChI is InChI=1S/C14H27NO2/c1-10(2)13(17)15(8-11-6-7-11)12(9-16)14(3,4)5/h10-12,16H,6-9H2,1-5H3/t12-/m0/s1. The quantitative estimate of drug-likeness (QED) is 0.802. The summed E-state index contributed by atoms with van der Waals surface area (Å²) >= 11 is 0. The number of hydrogen-bond acceptors (Lipinski definition) is 2. The zero-order chi connectivity index (χ0) is 13.2. The molecule has 3 heteroatoms. The molecule has 1 aliphatic carbocycles. The number of nitrogens with zero attached hydrogens (tertiary/aromatic N) is 1. The minimum absolute atomic E-state index is 0.00477. The molecule has 0 saturated heterocycles. The van der Waals surface area contributed by atoms with Crippen LogP contribution in [0.25, 0.3) is 0 Å². The first kappa shape index (κ1) is 14.5. The van der Waals surface area contributed by atoms with Gasteiger partial charge in [-0.05, 0) is 24.2 Å². The zero-order valence-corrected chi connectivity index (χ0v) is 11.9. The fourth-order valence-corrected chi connectivity index (χ4v) is 2.12. The number of rotatable bonds is 5. The Balaban J connectivity index is 2.82. The van der Waals surface area contributed by atoms with E-state index in [2.05, 4.69) is 20.8 Å². The molecule has 0 spiro atoms. The van der Waals surface area contributed by atoms with Crippen LogP contribution in [0.4, 0.5) is 0 Å². The molecule has 1 atom stereocenters. The second kappa shape index (κ2) is 5.38. The van der Waals surface area contributed by atoms with Crippen molar-refractivity contribution < 1.29 is 9.90 Å². The Morgan fingerprint density at radius 2 is 1.88 bits per heavy atom. The van der Waals surface area contributed by atoms with E-state index in [4.69, 9.17) is 0 Å². The molecule has 1 fully saturated rings. The van der Waals surface area contributed by atoms with Gasteiger partial charge in [0.25, 0.3) is 0 Å². The fourth-order valence-electron chi connectivity index (χ4n) is 2.12. The van der Waals surface area contributed by atoms with Crippen LogP contribution in [-0.4, -0.2) is 35.1 Å². The minimum Gasteiger partial charge on any atom is -0.394 e. The van der Waals surface area contributed by atoms with Gasteiger partial charge in [0.15, 0.2) is 0 Å². The van der Waals surface area contributed by atoms with Crippen molar-refractivity contribution in [3.05, 3.63) is 0 Å². The molecule has 0 radical (unpaired) electrons. The Hall–Kier alpha value is -0.570. The van der Waals surface area contributed by atoms with Crippen molar-refractivity contribution in [2.75, 3.05) is 13.2 Å². The normalized spacial score (nSPS) is 18.3. The lowest BCUT2D eigenvalue weighted by Gasteiger charge is -2.40. The topological polar surface area (TPSA) is 40.5 Å². The highest BCUT2D eigenvalue weighted by molar-refractivity contribution is 5.78. The molecule has 0 aromatic rings. The average molecular weight is 241 g/mol. The van der Waals surface area contributed by atoms with Crippen molar-refractivity contribution in [2.45, 2.75) is 53.5 Å². The molecular weight excluding hydrogens is 214 g/mol. The zero-order valence-electron chi connectivity index (χ0n) is 11.9. The van der Waals surface area contributed by atoms with E-state index < -0.39 is 0 Å². The molecule has 0 aliphatic heterocycles. The molecule has 17 heavy (non-hydrogen) atoms. The molecule has 1 aliphatic rings. The van der Waals surface area contributed by atoms with Gasteiger partial charge in [0.2, 0.25) is 5.91 Å². The van der Waals surface area contributed by atoms with Crippen molar-refractivity contribution in [3.8, 4) is 0 Å². The second-order valence-corrected chi connectivity index (χ2v) is 6.65. The second-order valence-electron chi connectivity index (χ2n) is 6.65. The van der Waals surface area contributed by atoms with Crippen LogP contribution in [0.3, 0.4) is 0 Å². The number of aliphatic hydroxyl groups excluding tert-OH is 1. The summed E-state index contributed by atoms with van der Waals surface area (Å²) < 4.78 is 0. The van der Waals surface area contributed by atoms with E-state index in [1.54, 1.807) is 0 Å². The summed E-state index contributed by atoms with van der Waals surface area (Å²) in [5, 5.41) is 9.60. The van der Waals surface area contributed by atoms with E-state index in [1.165, 1.54) is 12.8 Å². The van der Waals surface area contributed by atoms with Gasteiger partial charge in [-0.3, -0.25) is 4.79 Å². The van der Waals surface area contributed by atoms with Crippen LogP contribution in [0, 0.1) is 17.3 Å². The van der Waals surface area contributed by atoms with E-state index in [0.717, 1.165) is 6.54 Å². The Morgan fingerprint density at radius 1 is 1.35 bits per heavy atom. The van der Waals surface area contributed by atoms with Gasteiger partial charge in [-0.15, -0.1) is 0 Å². The third kappa shape index (κ3) is 3.98. The van der Waals surface area contributed by atoms with Crippen LogP contribution in [0.15, 0.2) is 0 Å². The van der Waals surface area contributed by atoms with Crippen molar-refractivity contribution in [1.82, 2.24) is 4.90 Å². The molecule has 0 aromatic heterocycles. The smallest absolute Gasteiger partial charge is 0.225 e. The van der Waals surface area contributed by atoms with Gasteiger partial charge in [0, 0.05) is 12.5 Å². The van der Waals surface area contributed by atoms with Crippen molar-refractivity contribution in [3.63, 3.8) is 0 Å². The van der Waals surface area contributed by atoms with Gasteiger partial charge in [-0.1, -0.05) is 34.6 Å². The Labute approximate surface area is 105 Å². The lowest BCUT2D eigenvalue weighted by atomic mass is 9.85. The Bertz CT molecular complexity index is 264. The lowest BCUT2D eigenvalue weighted by molar-refractivity contribution is -0.141. The largest absolute Gasteiger partial charge is 0.394 e. The first-order valence-corrected chi connectivity index (χ1v) is 6.68. The first-order chi connectivity index (χ1) is 7.77. The third-order valence-electron chi connectivity index (χ3n) is 3.48. The van der Waals surface area contributed by atoms with Crippen LogP contribution >= 0.6 is 0 Å². The predicted octanol–water partition coefficient (Wildman–Crippen LogP) is 2.29. The molecule has 0 unspecified atom stereocenters. The third-order valence-corrected chi connectivity index (χ3v) is 3.48. The Kier molecular flexibility index (Phi) is 4.59. The SMILES string of the molecule is CC(C)C(=O)N(CC1CC1)[C@@H](CO)C(C)(C)C. The van der Waals surface area contributed by atoms with E-state index in [1.807, 2.05) is 18.7 Å². The van der Waals surface area contributed by atoms with Crippen LogP contribution in [0.1, 0.15) is 47.5 Å².